The van der Waals surface area contributed by atoms with Crippen LogP contribution >= 0.6 is 11.8 Å². The fraction of sp³-hybridized carbons (Fsp3) is 0.692. The van der Waals surface area contributed by atoms with E-state index in [2.05, 4.69) is 0 Å². The van der Waals surface area contributed by atoms with Gasteiger partial charge in [-0.1, -0.05) is 6.92 Å². The Morgan fingerprint density at radius 1 is 1.35 bits per heavy atom. The van der Waals surface area contributed by atoms with Gasteiger partial charge in [0.1, 0.15) is 16.4 Å². The van der Waals surface area contributed by atoms with E-state index in [9.17, 15) is 8.42 Å². The molecule has 0 amide bonds. The Balaban J connectivity index is 3.29. The zero-order valence-corrected chi connectivity index (χ0v) is 14.4. The van der Waals surface area contributed by atoms with Crippen LogP contribution in [0.2, 0.25) is 0 Å². The molecule has 0 saturated carbocycles. The second kappa shape index (κ2) is 6.98. The van der Waals surface area contributed by atoms with Crippen LogP contribution in [0.15, 0.2) is 9.31 Å². The van der Waals surface area contributed by atoms with E-state index in [-0.39, 0.29) is 17.5 Å². The molecule has 1 atom stereocenters. The van der Waals surface area contributed by atoms with Crippen molar-refractivity contribution in [3.05, 3.63) is 17.1 Å². The van der Waals surface area contributed by atoms with Crippen LogP contribution < -0.4 is 5.73 Å². The van der Waals surface area contributed by atoms with Crippen molar-refractivity contribution in [2.45, 2.75) is 44.7 Å². The van der Waals surface area contributed by atoms with Gasteiger partial charge in [-0.25, -0.2) is 8.42 Å². The number of hydrogen-bond donors (Lipinski definition) is 1. The van der Waals surface area contributed by atoms with Gasteiger partial charge in [-0.3, -0.25) is 0 Å². The van der Waals surface area contributed by atoms with Crippen LogP contribution in [0.4, 0.5) is 0 Å². The Labute approximate surface area is 125 Å². The first-order chi connectivity index (χ1) is 9.31. The van der Waals surface area contributed by atoms with E-state index in [0.717, 1.165) is 12.2 Å². The molecule has 0 bridgehead atoms. The Kier molecular flexibility index (Phi) is 6.12. The molecule has 0 fully saturated rings. The summed E-state index contributed by atoms with van der Waals surface area (Å²) < 4.78 is 32.5. The topological polar surface area (TPSA) is 76.5 Å². The lowest BCUT2D eigenvalue weighted by molar-refractivity contribution is 0.384. The van der Waals surface area contributed by atoms with Crippen molar-refractivity contribution in [3.8, 4) is 0 Å². The van der Waals surface area contributed by atoms with Crippen molar-refractivity contribution < 1.29 is 12.8 Å². The summed E-state index contributed by atoms with van der Waals surface area (Å²) in [5.41, 5.74) is 6.26. The zero-order chi connectivity index (χ0) is 15.5. The number of aryl methyl sites for hydroxylation is 2. The average Bonchev–Trinajstić information content (AvgIpc) is 2.69. The molecule has 0 aliphatic heterocycles. The first-order valence-corrected chi connectivity index (χ1v) is 9.40. The number of sulfonamides is 1. The lowest BCUT2D eigenvalue weighted by Gasteiger charge is -2.26. The van der Waals surface area contributed by atoms with E-state index < -0.39 is 10.0 Å². The second-order valence-corrected chi connectivity index (χ2v) is 7.61. The number of nitrogens with two attached hydrogens (primary N) is 1. The molecule has 2 N–H and O–H groups in total. The summed E-state index contributed by atoms with van der Waals surface area (Å²) in [7, 11) is -1.95. The van der Waals surface area contributed by atoms with E-state index in [1.807, 2.05) is 13.2 Å². The monoisotopic (exact) mass is 320 g/mol. The van der Waals surface area contributed by atoms with Gasteiger partial charge in [0.05, 0.1) is 0 Å². The van der Waals surface area contributed by atoms with Crippen LogP contribution in [0.25, 0.3) is 0 Å². The van der Waals surface area contributed by atoms with E-state index >= 15 is 0 Å². The maximum absolute atomic E-state index is 12.8. The van der Waals surface area contributed by atoms with Crippen LogP contribution in [-0.4, -0.2) is 37.8 Å². The minimum Gasteiger partial charge on any atom is -0.465 e. The second-order valence-electron chi connectivity index (χ2n) is 4.76. The van der Waals surface area contributed by atoms with Crippen molar-refractivity contribution in [3.63, 3.8) is 0 Å². The van der Waals surface area contributed by atoms with Crippen molar-refractivity contribution in [2.24, 2.45) is 5.73 Å². The molecule has 7 heteroatoms. The van der Waals surface area contributed by atoms with E-state index in [4.69, 9.17) is 10.2 Å². The predicted octanol–water partition coefficient (Wildman–Crippen LogP) is 2.12. The van der Waals surface area contributed by atoms with Gasteiger partial charge in [0.2, 0.25) is 10.0 Å². The van der Waals surface area contributed by atoms with Crippen molar-refractivity contribution in [1.82, 2.24) is 4.31 Å². The highest BCUT2D eigenvalue weighted by molar-refractivity contribution is 7.98. The third-order valence-electron chi connectivity index (χ3n) is 3.51. The van der Waals surface area contributed by atoms with Crippen LogP contribution in [0, 0.1) is 13.8 Å². The molecule has 1 unspecified atom stereocenters. The lowest BCUT2D eigenvalue weighted by Crippen LogP contribution is -2.38. The van der Waals surface area contributed by atoms with E-state index in [1.54, 1.807) is 32.7 Å². The molecule has 0 aliphatic carbocycles. The Bertz CT molecular complexity index is 552. The average molecular weight is 320 g/mol. The third-order valence-corrected chi connectivity index (χ3v) is 6.34. The van der Waals surface area contributed by atoms with Crippen LogP contribution in [0.5, 0.6) is 0 Å². The molecule has 0 radical (unpaired) electrons. The Morgan fingerprint density at radius 3 is 2.40 bits per heavy atom. The van der Waals surface area contributed by atoms with Gasteiger partial charge in [0.25, 0.3) is 0 Å². The van der Waals surface area contributed by atoms with E-state index in [1.165, 1.54) is 4.31 Å². The minimum absolute atomic E-state index is 0.0322. The fourth-order valence-electron chi connectivity index (χ4n) is 2.30. The van der Waals surface area contributed by atoms with Crippen LogP contribution in [-0.2, 0) is 16.6 Å². The van der Waals surface area contributed by atoms with Crippen molar-refractivity contribution in [2.75, 3.05) is 19.1 Å². The van der Waals surface area contributed by atoms with Gasteiger partial charge in [-0.2, -0.15) is 16.1 Å². The predicted molar refractivity (Wildman–Crippen MR) is 83.5 cm³/mol. The highest BCUT2D eigenvalue weighted by atomic mass is 32.2. The molecule has 0 spiro atoms. The fourth-order valence-corrected chi connectivity index (χ4v) is 5.08. The van der Waals surface area contributed by atoms with Gasteiger partial charge >= 0.3 is 0 Å². The molecule has 0 saturated heterocycles. The molecule has 1 rings (SSSR count). The summed E-state index contributed by atoms with van der Waals surface area (Å²) in [6.07, 6.45) is 2.74. The molecule has 0 aromatic carbocycles. The lowest BCUT2D eigenvalue weighted by atomic mass is 10.2. The molecule has 20 heavy (non-hydrogen) atoms. The standard InChI is InChI=1S/C13H24N2O3S2/c1-6-11(8-19-5)15(4)20(16,17)13-10(3)18-9(2)12(13)7-14/h11H,6-8,14H2,1-5H3. The number of furan rings is 1. The summed E-state index contributed by atoms with van der Waals surface area (Å²) in [5, 5.41) is 0. The molecular formula is C13H24N2O3S2. The number of hydrogen-bond acceptors (Lipinski definition) is 5. The highest BCUT2D eigenvalue weighted by Gasteiger charge is 2.33. The van der Waals surface area contributed by atoms with Crippen molar-refractivity contribution >= 4 is 21.8 Å². The smallest absolute Gasteiger partial charge is 0.246 e. The molecule has 116 valence electrons. The molecule has 0 aliphatic rings. The van der Waals surface area contributed by atoms with Gasteiger partial charge in [0.15, 0.2) is 0 Å². The molecular weight excluding hydrogens is 296 g/mol. The largest absolute Gasteiger partial charge is 0.465 e. The van der Waals surface area contributed by atoms with E-state index in [0.29, 0.717) is 17.1 Å². The summed E-state index contributed by atoms with van der Waals surface area (Å²) in [5.74, 6) is 1.75. The minimum atomic E-state index is -3.58. The zero-order valence-electron chi connectivity index (χ0n) is 12.8. The number of rotatable bonds is 7. The molecule has 5 nitrogen and oxygen atoms in total. The maximum atomic E-state index is 12.8. The maximum Gasteiger partial charge on any atom is 0.246 e. The van der Waals surface area contributed by atoms with Gasteiger partial charge < -0.3 is 10.2 Å². The van der Waals surface area contributed by atoms with Gasteiger partial charge in [0, 0.05) is 31.0 Å². The van der Waals surface area contributed by atoms with Gasteiger partial charge in [-0.15, -0.1) is 0 Å². The Morgan fingerprint density at radius 2 is 1.95 bits per heavy atom. The molecule has 1 aromatic rings. The Hall–Kier alpha value is -0.500. The summed E-state index contributed by atoms with van der Waals surface area (Å²) in [6.45, 7) is 5.56. The summed E-state index contributed by atoms with van der Waals surface area (Å²) in [4.78, 5) is 0.236. The first kappa shape index (κ1) is 17.6. The third kappa shape index (κ3) is 3.21. The van der Waals surface area contributed by atoms with Crippen LogP contribution in [0.3, 0.4) is 0 Å². The number of thioether (sulfide) groups is 1. The normalized spacial score (nSPS) is 13.9. The number of nitrogens with zero attached hydrogens (tertiary/aromatic N) is 1. The molecule has 1 aromatic heterocycles. The highest BCUT2D eigenvalue weighted by Crippen LogP contribution is 2.30. The summed E-state index contributed by atoms with van der Waals surface area (Å²) >= 11 is 1.64. The quantitative estimate of drug-likeness (QED) is 0.832. The molecule has 1 heterocycles. The van der Waals surface area contributed by atoms with Gasteiger partial charge in [-0.05, 0) is 26.5 Å². The summed E-state index contributed by atoms with van der Waals surface area (Å²) in [6, 6.07) is -0.0322. The SMILES string of the molecule is CCC(CSC)N(C)S(=O)(=O)c1c(C)oc(C)c1CN. The van der Waals surface area contributed by atoms with Crippen molar-refractivity contribution in [1.29, 1.82) is 0 Å². The first-order valence-electron chi connectivity index (χ1n) is 6.57. The van der Waals surface area contributed by atoms with Crippen LogP contribution in [0.1, 0.15) is 30.4 Å².